The number of primary amides is 1. The van der Waals surface area contributed by atoms with Crippen molar-refractivity contribution in [1.29, 1.82) is 0 Å². The predicted molar refractivity (Wildman–Crippen MR) is 96.0 cm³/mol. The second kappa shape index (κ2) is 6.69. The number of amides is 2. The van der Waals surface area contributed by atoms with Crippen molar-refractivity contribution in [2.75, 3.05) is 6.54 Å². The molecule has 3 rings (SSSR count). The number of para-hydroxylation sites is 1. The van der Waals surface area contributed by atoms with Crippen LogP contribution in [0.3, 0.4) is 0 Å². The van der Waals surface area contributed by atoms with Crippen LogP contribution < -0.4 is 10.8 Å². The number of hydrogen-bond acceptors (Lipinski definition) is 6. The van der Waals surface area contributed by atoms with Crippen LogP contribution in [0.25, 0.3) is 17.0 Å². The van der Waals surface area contributed by atoms with Gasteiger partial charge in [0.15, 0.2) is 0 Å². The Bertz CT molecular complexity index is 948. The number of rotatable bonds is 5. The lowest BCUT2D eigenvalue weighted by Crippen LogP contribution is -2.40. The molecule has 1 saturated heterocycles. The van der Waals surface area contributed by atoms with Gasteiger partial charge in [0.2, 0.25) is 5.91 Å². The zero-order chi connectivity index (χ0) is 18.1. The van der Waals surface area contributed by atoms with E-state index in [1.54, 1.807) is 16.8 Å². The molecule has 2 amide bonds. The number of carboxylic acid groups (broad SMARTS) is 1. The van der Waals surface area contributed by atoms with E-state index in [9.17, 15) is 19.5 Å². The molecule has 128 valence electrons. The molecule has 0 atom stereocenters. The van der Waals surface area contributed by atoms with Gasteiger partial charge in [-0.3, -0.25) is 14.5 Å². The molecule has 9 heteroatoms. The summed E-state index contributed by atoms with van der Waals surface area (Å²) in [5, 5.41) is 11.6. The molecule has 0 spiro atoms. The number of nitrogens with zero attached hydrogens (tertiary/aromatic N) is 2. The largest absolute Gasteiger partial charge is 0.548 e. The number of carbonyl (C=O) groups is 3. The van der Waals surface area contributed by atoms with E-state index in [1.807, 2.05) is 24.3 Å². The molecule has 25 heavy (non-hydrogen) atoms. The van der Waals surface area contributed by atoms with E-state index in [-0.39, 0.29) is 10.9 Å². The number of aromatic nitrogens is 1. The highest BCUT2D eigenvalue weighted by Crippen LogP contribution is 2.34. The molecule has 1 aliphatic rings. The van der Waals surface area contributed by atoms with Gasteiger partial charge in [0.25, 0.3) is 5.91 Å². The van der Waals surface area contributed by atoms with Crippen LogP contribution in [0, 0.1) is 0 Å². The zero-order valence-electron chi connectivity index (χ0n) is 12.8. The number of nitrogens with two attached hydrogens (primary N) is 1. The maximum atomic E-state index is 12.4. The monoisotopic (exact) mass is 374 g/mol. The van der Waals surface area contributed by atoms with Crippen molar-refractivity contribution in [3.05, 3.63) is 40.9 Å². The maximum absolute atomic E-state index is 12.4. The molecule has 0 saturated carbocycles. The van der Waals surface area contributed by atoms with Crippen molar-refractivity contribution in [2.45, 2.75) is 6.54 Å². The molecule has 1 aliphatic heterocycles. The lowest BCUT2D eigenvalue weighted by Gasteiger charge is -2.14. The van der Waals surface area contributed by atoms with Crippen molar-refractivity contribution in [3.63, 3.8) is 0 Å². The van der Waals surface area contributed by atoms with Crippen LogP contribution in [0.5, 0.6) is 0 Å². The van der Waals surface area contributed by atoms with Gasteiger partial charge in [-0.1, -0.05) is 42.2 Å². The Labute approximate surface area is 152 Å². The summed E-state index contributed by atoms with van der Waals surface area (Å²) >= 11 is 6.08. The fourth-order valence-electron chi connectivity index (χ4n) is 2.60. The van der Waals surface area contributed by atoms with Crippen LogP contribution in [0.2, 0.25) is 0 Å². The predicted octanol–water partition coefficient (Wildman–Crippen LogP) is 0.0777. The minimum absolute atomic E-state index is 0.0139. The SMILES string of the molecule is NC(=O)Cn1cc(/C=C2/SC(=S)N(CC(=O)[O-])C2=O)c2ccccc21. The molecule has 2 heterocycles. The van der Waals surface area contributed by atoms with Gasteiger partial charge in [0, 0.05) is 22.7 Å². The molecule has 0 bridgehead atoms. The molecular formula is C16H12N3O4S2-. The van der Waals surface area contributed by atoms with Crippen molar-refractivity contribution in [2.24, 2.45) is 5.73 Å². The third kappa shape index (κ3) is 3.42. The van der Waals surface area contributed by atoms with Gasteiger partial charge in [-0.2, -0.15) is 0 Å². The summed E-state index contributed by atoms with van der Waals surface area (Å²) in [5.41, 5.74) is 6.79. The minimum atomic E-state index is -1.38. The van der Waals surface area contributed by atoms with Gasteiger partial charge in [0.05, 0.1) is 17.4 Å². The number of aliphatic carboxylic acids is 1. The first-order valence-electron chi connectivity index (χ1n) is 7.18. The first kappa shape index (κ1) is 17.2. The van der Waals surface area contributed by atoms with Crippen LogP contribution in [-0.2, 0) is 20.9 Å². The number of hydrogen-bond donors (Lipinski definition) is 1. The normalized spacial score (nSPS) is 16.2. The Morgan fingerprint density at radius 1 is 1.28 bits per heavy atom. The average Bonchev–Trinajstić information content (AvgIpc) is 3.00. The van der Waals surface area contributed by atoms with Crippen molar-refractivity contribution >= 4 is 63.1 Å². The standard InChI is InChI=1S/C16H13N3O4S2/c17-13(20)7-18-6-9(10-3-1-2-4-11(10)18)5-12-15(23)19(8-14(21)22)16(24)25-12/h1-6H,7-8H2,(H2,17,20)(H,21,22)/p-1/b12-5+. The zero-order valence-corrected chi connectivity index (χ0v) is 14.4. The molecule has 2 N–H and O–H groups in total. The molecule has 0 unspecified atom stereocenters. The summed E-state index contributed by atoms with van der Waals surface area (Å²) in [5.74, 6) is -2.34. The van der Waals surface area contributed by atoms with Crippen molar-refractivity contribution in [3.8, 4) is 0 Å². The van der Waals surface area contributed by atoms with Crippen LogP contribution in [0.15, 0.2) is 35.4 Å². The molecule has 1 aromatic carbocycles. The minimum Gasteiger partial charge on any atom is -0.548 e. The highest BCUT2D eigenvalue weighted by molar-refractivity contribution is 8.26. The third-order valence-corrected chi connectivity index (χ3v) is 4.97. The summed E-state index contributed by atoms with van der Waals surface area (Å²) in [7, 11) is 0. The second-order valence-corrected chi connectivity index (χ2v) is 7.01. The molecule has 2 aromatic rings. The van der Waals surface area contributed by atoms with Gasteiger partial charge in [-0.15, -0.1) is 0 Å². The average molecular weight is 374 g/mol. The maximum Gasteiger partial charge on any atom is 0.266 e. The Balaban J connectivity index is 2.01. The Morgan fingerprint density at radius 3 is 2.68 bits per heavy atom. The van der Waals surface area contributed by atoms with E-state index in [2.05, 4.69) is 0 Å². The molecule has 7 nitrogen and oxygen atoms in total. The number of thioether (sulfide) groups is 1. The molecular weight excluding hydrogens is 362 g/mol. The van der Waals surface area contributed by atoms with Crippen LogP contribution in [0.1, 0.15) is 5.56 Å². The summed E-state index contributed by atoms with van der Waals surface area (Å²) in [4.78, 5) is 35.7. The fourth-order valence-corrected chi connectivity index (χ4v) is 3.84. The molecule has 1 fully saturated rings. The Morgan fingerprint density at radius 2 is 2.00 bits per heavy atom. The summed E-state index contributed by atoms with van der Waals surface area (Å²) < 4.78 is 1.87. The van der Waals surface area contributed by atoms with E-state index >= 15 is 0 Å². The number of fused-ring (bicyclic) bond motifs is 1. The van der Waals surface area contributed by atoms with E-state index in [0.29, 0.717) is 10.5 Å². The van der Waals surface area contributed by atoms with Crippen LogP contribution >= 0.6 is 24.0 Å². The van der Waals surface area contributed by atoms with Gasteiger partial charge in [0.1, 0.15) is 10.9 Å². The smallest absolute Gasteiger partial charge is 0.266 e. The van der Waals surface area contributed by atoms with E-state index < -0.39 is 24.3 Å². The number of carboxylic acids is 1. The lowest BCUT2D eigenvalue weighted by molar-refractivity contribution is -0.305. The summed E-state index contributed by atoms with van der Waals surface area (Å²) in [6.07, 6.45) is 3.36. The first-order chi connectivity index (χ1) is 11.9. The second-order valence-electron chi connectivity index (χ2n) is 5.34. The summed E-state index contributed by atoms with van der Waals surface area (Å²) in [6.45, 7) is -0.564. The van der Waals surface area contributed by atoms with Crippen LogP contribution in [0.4, 0.5) is 0 Å². The quantitative estimate of drug-likeness (QED) is 0.586. The van der Waals surface area contributed by atoms with Crippen molar-refractivity contribution in [1.82, 2.24) is 9.47 Å². The number of carbonyl (C=O) groups excluding carboxylic acids is 3. The third-order valence-electron chi connectivity index (χ3n) is 3.59. The molecule has 0 aliphatic carbocycles. The van der Waals surface area contributed by atoms with E-state index in [4.69, 9.17) is 18.0 Å². The lowest BCUT2D eigenvalue weighted by atomic mass is 10.1. The van der Waals surface area contributed by atoms with Crippen LogP contribution in [-0.4, -0.2) is 38.1 Å². The molecule has 0 radical (unpaired) electrons. The van der Waals surface area contributed by atoms with E-state index in [0.717, 1.165) is 27.6 Å². The molecule has 1 aromatic heterocycles. The Hall–Kier alpha value is -2.65. The van der Waals surface area contributed by atoms with Gasteiger partial charge in [-0.05, 0) is 12.1 Å². The summed E-state index contributed by atoms with van der Waals surface area (Å²) in [6, 6.07) is 7.38. The topological polar surface area (TPSA) is 108 Å². The van der Waals surface area contributed by atoms with E-state index in [1.165, 1.54) is 0 Å². The Kier molecular flexibility index (Phi) is 4.60. The van der Waals surface area contributed by atoms with Crippen molar-refractivity contribution < 1.29 is 19.5 Å². The highest BCUT2D eigenvalue weighted by Gasteiger charge is 2.32. The fraction of sp³-hybridized carbons (Fsp3) is 0.125. The highest BCUT2D eigenvalue weighted by atomic mass is 32.2. The number of thiocarbonyl (C=S) groups is 1. The van der Waals surface area contributed by atoms with Gasteiger partial charge < -0.3 is 20.2 Å². The van der Waals surface area contributed by atoms with Gasteiger partial charge in [-0.25, -0.2) is 0 Å². The van der Waals surface area contributed by atoms with Gasteiger partial charge >= 0.3 is 0 Å². The first-order valence-corrected chi connectivity index (χ1v) is 8.40. The number of benzene rings is 1.